The van der Waals surface area contributed by atoms with Gasteiger partial charge in [0.05, 0.1) is 6.10 Å². The van der Waals surface area contributed by atoms with Crippen molar-refractivity contribution >= 4 is 0 Å². The summed E-state index contributed by atoms with van der Waals surface area (Å²) < 4.78 is 0. The molecule has 0 aromatic rings. The van der Waals surface area contributed by atoms with Crippen molar-refractivity contribution in [3.8, 4) is 0 Å². The maximum atomic E-state index is 10.4. The van der Waals surface area contributed by atoms with E-state index in [1.54, 1.807) is 0 Å². The summed E-state index contributed by atoms with van der Waals surface area (Å²) in [6.07, 6.45) is 8.20. The Kier molecular flexibility index (Phi) is 5.32. The minimum Gasteiger partial charge on any atom is -0.390 e. The molecule has 2 saturated heterocycles. The Balaban J connectivity index is 1.47. The molecule has 20 heavy (non-hydrogen) atoms. The summed E-state index contributed by atoms with van der Waals surface area (Å²) >= 11 is 0. The van der Waals surface area contributed by atoms with Crippen LogP contribution < -0.4 is 5.32 Å². The van der Waals surface area contributed by atoms with Gasteiger partial charge in [-0.2, -0.15) is 0 Å². The van der Waals surface area contributed by atoms with Crippen molar-refractivity contribution in [3.63, 3.8) is 0 Å². The fraction of sp³-hybridized carbons (Fsp3) is 1.00. The van der Waals surface area contributed by atoms with Crippen LogP contribution in [0.1, 0.15) is 38.5 Å². The van der Waals surface area contributed by atoms with Gasteiger partial charge in [-0.1, -0.05) is 12.8 Å². The number of piperidine rings is 1. The molecule has 1 aliphatic carbocycles. The standard InChI is InChI=1S/C16H31N3O/c20-15(12-18-10-7-17-8-11-18)13-19-9-3-5-14-4-1-2-6-16(14)19/h14-17,20H,1-13H2/t14-,15?,16-/m1/s1. The van der Waals surface area contributed by atoms with Crippen LogP contribution >= 0.6 is 0 Å². The lowest BCUT2D eigenvalue weighted by Gasteiger charge is -2.45. The van der Waals surface area contributed by atoms with Crippen LogP contribution in [0.4, 0.5) is 0 Å². The molecule has 0 amide bonds. The van der Waals surface area contributed by atoms with Gasteiger partial charge in [-0.15, -0.1) is 0 Å². The van der Waals surface area contributed by atoms with Crippen molar-refractivity contribution in [2.45, 2.75) is 50.7 Å². The van der Waals surface area contributed by atoms with Crippen molar-refractivity contribution in [2.75, 3.05) is 45.8 Å². The highest BCUT2D eigenvalue weighted by atomic mass is 16.3. The third kappa shape index (κ3) is 3.73. The largest absolute Gasteiger partial charge is 0.390 e. The maximum absolute atomic E-state index is 10.4. The zero-order valence-corrected chi connectivity index (χ0v) is 12.8. The van der Waals surface area contributed by atoms with Gasteiger partial charge in [0.25, 0.3) is 0 Å². The summed E-state index contributed by atoms with van der Waals surface area (Å²) in [4.78, 5) is 5.02. The Morgan fingerprint density at radius 3 is 2.55 bits per heavy atom. The number of nitrogens with zero attached hydrogens (tertiary/aromatic N) is 2. The molecule has 3 aliphatic rings. The molecule has 2 heterocycles. The van der Waals surface area contributed by atoms with Crippen molar-refractivity contribution in [1.82, 2.24) is 15.1 Å². The molecule has 2 N–H and O–H groups in total. The zero-order valence-electron chi connectivity index (χ0n) is 12.8. The van der Waals surface area contributed by atoms with Gasteiger partial charge in [0, 0.05) is 45.3 Å². The molecule has 1 unspecified atom stereocenters. The highest BCUT2D eigenvalue weighted by Gasteiger charge is 2.33. The summed E-state index contributed by atoms with van der Waals surface area (Å²) in [5.74, 6) is 0.920. The molecule has 116 valence electrons. The van der Waals surface area contributed by atoms with Gasteiger partial charge in [0.2, 0.25) is 0 Å². The Bertz CT molecular complexity index is 291. The van der Waals surface area contributed by atoms with Crippen LogP contribution in [0.15, 0.2) is 0 Å². The van der Waals surface area contributed by atoms with Gasteiger partial charge in [-0.3, -0.25) is 9.80 Å². The molecule has 4 heteroatoms. The lowest BCUT2D eigenvalue weighted by Crippen LogP contribution is -2.52. The number of aliphatic hydroxyl groups excluding tert-OH is 1. The number of rotatable bonds is 4. The predicted octanol–water partition coefficient (Wildman–Crippen LogP) is 0.907. The van der Waals surface area contributed by atoms with Crippen molar-refractivity contribution in [3.05, 3.63) is 0 Å². The fourth-order valence-electron chi connectivity index (χ4n) is 4.47. The summed E-state index contributed by atoms with van der Waals surface area (Å²) in [5, 5.41) is 13.8. The second-order valence-electron chi connectivity index (χ2n) is 6.95. The maximum Gasteiger partial charge on any atom is 0.0793 e. The number of aliphatic hydroxyl groups is 1. The van der Waals surface area contributed by atoms with E-state index in [2.05, 4.69) is 15.1 Å². The molecule has 0 aromatic heterocycles. The molecule has 2 aliphatic heterocycles. The minimum atomic E-state index is -0.172. The van der Waals surface area contributed by atoms with Gasteiger partial charge in [0.1, 0.15) is 0 Å². The van der Waals surface area contributed by atoms with E-state index in [0.29, 0.717) is 0 Å². The molecule has 3 rings (SSSR count). The second kappa shape index (κ2) is 7.21. The number of fused-ring (bicyclic) bond motifs is 1. The monoisotopic (exact) mass is 281 g/mol. The van der Waals surface area contributed by atoms with Crippen LogP contribution in [0.3, 0.4) is 0 Å². The van der Waals surface area contributed by atoms with Gasteiger partial charge >= 0.3 is 0 Å². The highest BCUT2D eigenvalue weighted by Crippen LogP contribution is 2.35. The van der Waals surface area contributed by atoms with Crippen LogP contribution in [0.25, 0.3) is 0 Å². The van der Waals surface area contributed by atoms with E-state index in [0.717, 1.165) is 51.2 Å². The SMILES string of the molecule is OC(CN1CCNCC1)CN1CCC[C@H]2CCCC[C@H]21. The molecule has 1 saturated carbocycles. The fourth-order valence-corrected chi connectivity index (χ4v) is 4.47. The average Bonchev–Trinajstić information content (AvgIpc) is 2.48. The van der Waals surface area contributed by atoms with Gasteiger partial charge in [-0.05, 0) is 38.1 Å². The number of hydrogen-bond acceptors (Lipinski definition) is 4. The first kappa shape index (κ1) is 14.8. The van der Waals surface area contributed by atoms with Gasteiger partial charge in [-0.25, -0.2) is 0 Å². The highest BCUT2D eigenvalue weighted by molar-refractivity contribution is 4.88. The molecule has 0 spiro atoms. The predicted molar refractivity (Wildman–Crippen MR) is 81.9 cm³/mol. The average molecular weight is 281 g/mol. The van der Waals surface area contributed by atoms with Crippen LogP contribution in [0.2, 0.25) is 0 Å². The number of piperazine rings is 1. The van der Waals surface area contributed by atoms with Crippen LogP contribution in [0, 0.1) is 5.92 Å². The first-order chi connectivity index (χ1) is 9.83. The lowest BCUT2D eigenvalue weighted by atomic mass is 9.78. The third-order valence-electron chi connectivity index (χ3n) is 5.48. The van der Waals surface area contributed by atoms with E-state index in [1.807, 2.05) is 0 Å². The molecule has 0 radical (unpaired) electrons. The second-order valence-corrected chi connectivity index (χ2v) is 6.95. The van der Waals surface area contributed by atoms with E-state index < -0.39 is 0 Å². The molecular formula is C16H31N3O. The van der Waals surface area contributed by atoms with E-state index >= 15 is 0 Å². The van der Waals surface area contributed by atoms with Crippen molar-refractivity contribution in [2.24, 2.45) is 5.92 Å². The lowest BCUT2D eigenvalue weighted by molar-refractivity contribution is 0.00844. The number of likely N-dealkylation sites (tertiary alicyclic amines) is 1. The zero-order chi connectivity index (χ0) is 13.8. The first-order valence-electron chi connectivity index (χ1n) is 8.68. The smallest absolute Gasteiger partial charge is 0.0793 e. The molecular weight excluding hydrogens is 250 g/mol. The quantitative estimate of drug-likeness (QED) is 0.803. The Morgan fingerprint density at radius 1 is 0.950 bits per heavy atom. The summed E-state index contributed by atoms with van der Waals surface area (Å²) in [7, 11) is 0. The summed E-state index contributed by atoms with van der Waals surface area (Å²) in [6, 6.07) is 0.773. The first-order valence-corrected chi connectivity index (χ1v) is 8.68. The van der Waals surface area contributed by atoms with Crippen LogP contribution in [-0.2, 0) is 0 Å². The van der Waals surface area contributed by atoms with Gasteiger partial charge in [0.15, 0.2) is 0 Å². The van der Waals surface area contributed by atoms with Gasteiger partial charge < -0.3 is 10.4 Å². The Morgan fingerprint density at radius 2 is 1.70 bits per heavy atom. The normalized spacial score (nSPS) is 34.6. The van der Waals surface area contributed by atoms with Crippen molar-refractivity contribution in [1.29, 1.82) is 0 Å². The van der Waals surface area contributed by atoms with E-state index in [1.165, 1.54) is 45.1 Å². The number of hydrogen-bond donors (Lipinski definition) is 2. The molecule has 0 aromatic carbocycles. The van der Waals surface area contributed by atoms with Crippen LogP contribution in [0.5, 0.6) is 0 Å². The minimum absolute atomic E-state index is 0.172. The summed E-state index contributed by atoms with van der Waals surface area (Å²) in [5.41, 5.74) is 0. The molecule has 3 atom stereocenters. The van der Waals surface area contributed by atoms with Crippen molar-refractivity contribution < 1.29 is 5.11 Å². The third-order valence-corrected chi connectivity index (χ3v) is 5.48. The molecule has 3 fully saturated rings. The number of nitrogens with one attached hydrogen (secondary N) is 1. The molecule has 4 nitrogen and oxygen atoms in total. The number of β-amino-alcohol motifs (C(OH)–C–C–N with tert-alkyl or cyclic N) is 1. The van der Waals surface area contributed by atoms with E-state index in [9.17, 15) is 5.11 Å². The topological polar surface area (TPSA) is 38.7 Å². The van der Waals surface area contributed by atoms with E-state index in [-0.39, 0.29) is 6.10 Å². The summed E-state index contributed by atoms with van der Waals surface area (Å²) in [6.45, 7) is 7.27. The van der Waals surface area contributed by atoms with E-state index in [4.69, 9.17) is 0 Å². The Hall–Kier alpha value is -0.160. The molecule has 0 bridgehead atoms. The van der Waals surface area contributed by atoms with Crippen LogP contribution in [-0.4, -0.2) is 72.9 Å². The Labute approximate surface area is 123 Å².